The largest absolute Gasteiger partial charge is 0.383 e. The van der Waals surface area contributed by atoms with Crippen molar-refractivity contribution < 1.29 is 4.39 Å². The SMILES string of the molecule is Nc1c(-c2ccc(Br)c(F)c2)nc(C2CC2)n1C1CC1. The number of anilines is 1. The average Bonchev–Trinajstić information content (AvgIpc) is 3.32. The van der Waals surface area contributed by atoms with E-state index >= 15 is 0 Å². The van der Waals surface area contributed by atoms with Crippen LogP contribution in [0.15, 0.2) is 22.7 Å². The lowest BCUT2D eigenvalue weighted by atomic mass is 10.1. The van der Waals surface area contributed by atoms with Gasteiger partial charge in [0.25, 0.3) is 0 Å². The first-order chi connectivity index (χ1) is 9.65. The Morgan fingerprint density at radius 3 is 2.60 bits per heavy atom. The third-order valence-electron chi connectivity index (χ3n) is 4.02. The monoisotopic (exact) mass is 335 g/mol. The normalized spacial score (nSPS) is 18.5. The van der Waals surface area contributed by atoms with Gasteiger partial charge in [0.1, 0.15) is 23.2 Å². The molecule has 4 rings (SSSR count). The molecule has 2 aliphatic carbocycles. The van der Waals surface area contributed by atoms with E-state index in [0.29, 0.717) is 22.3 Å². The van der Waals surface area contributed by atoms with Crippen LogP contribution in [-0.2, 0) is 0 Å². The highest BCUT2D eigenvalue weighted by Crippen LogP contribution is 2.48. The predicted octanol–water partition coefficient (Wildman–Crippen LogP) is 4.25. The van der Waals surface area contributed by atoms with E-state index in [1.54, 1.807) is 6.07 Å². The van der Waals surface area contributed by atoms with Crippen molar-refractivity contribution >= 4 is 21.7 Å². The van der Waals surface area contributed by atoms with Crippen LogP contribution in [0, 0.1) is 5.82 Å². The summed E-state index contributed by atoms with van der Waals surface area (Å²) in [5, 5.41) is 0. The first-order valence-electron chi connectivity index (χ1n) is 6.98. The van der Waals surface area contributed by atoms with Crippen LogP contribution in [0.1, 0.15) is 43.5 Å². The zero-order valence-corrected chi connectivity index (χ0v) is 12.5. The van der Waals surface area contributed by atoms with Crippen molar-refractivity contribution in [1.29, 1.82) is 0 Å². The Morgan fingerprint density at radius 1 is 1.25 bits per heavy atom. The molecule has 20 heavy (non-hydrogen) atoms. The number of hydrogen-bond donors (Lipinski definition) is 1. The van der Waals surface area contributed by atoms with E-state index < -0.39 is 0 Å². The van der Waals surface area contributed by atoms with Gasteiger partial charge in [-0.25, -0.2) is 9.37 Å². The number of rotatable bonds is 3. The highest BCUT2D eigenvalue weighted by molar-refractivity contribution is 9.10. The summed E-state index contributed by atoms with van der Waals surface area (Å²) in [5.74, 6) is 2.06. The van der Waals surface area contributed by atoms with Crippen LogP contribution < -0.4 is 5.73 Å². The van der Waals surface area contributed by atoms with Gasteiger partial charge in [0.05, 0.1) is 4.47 Å². The molecule has 0 atom stereocenters. The van der Waals surface area contributed by atoms with E-state index in [0.717, 1.165) is 17.1 Å². The summed E-state index contributed by atoms with van der Waals surface area (Å²) < 4.78 is 16.4. The van der Waals surface area contributed by atoms with E-state index in [2.05, 4.69) is 20.5 Å². The minimum atomic E-state index is -0.282. The third-order valence-corrected chi connectivity index (χ3v) is 4.67. The summed E-state index contributed by atoms with van der Waals surface area (Å²) in [6.45, 7) is 0. The van der Waals surface area contributed by atoms with Crippen molar-refractivity contribution in [3.05, 3.63) is 34.3 Å². The first-order valence-corrected chi connectivity index (χ1v) is 7.77. The summed E-state index contributed by atoms with van der Waals surface area (Å²) in [5.41, 5.74) is 7.78. The van der Waals surface area contributed by atoms with Crippen LogP contribution in [0.2, 0.25) is 0 Å². The Bertz CT molecular complexity index is 687. The molecule has 5 heteroatoms. The van der Waals surface area contributed by atoms with Gasteiger partial charge in [0.2, 0.25) is 0 Å². The minimum absolute atomic E-state index is 0.282. The lowest BCUT2D eigenvalue weighted by Gasteiger charge is -2.07. The fourth-order valence-electron chi connectivity index (χ4n) is 2.67. The first kappa shape index (κ1) is 12.4. The molecule has 2 aromatic rings. The Balaban J connectivity index is 1.84. The minimum Gasteiger partial charge on any atom is -0.383 e. The lowest BCUT2D eigenvalue weighted by Crippen LogP contribution is -2.04. The Labute approximate surface area is 125 Å². The van der Waals surface area contributed by atoms with Crippen LogP contribution in [0.5, 0.6) is 0 Å². The van der Waals surface area contributed by atoms with E-state index in [1.165, 1.54) is 31.7 Å². The average molecular weight is 336 g/mol. The van der Waals surface area contributed by atoms with Crippen molar-refractivity contribution in [2.45, 2.75) is 37.6 Å². The number of imidazole rings is 1. The molecule has 104 valence electrons. The Hall–Kier alpha value is -1.36. The van der Waals surface area contributed by atoms with Gasteiger partial charge in [-0.1, -0.05) is 6.07 Å². The summed E-state index contributed by atoms with van der Waals surface area (Å²) >= 11 is 3.17. The molecule has 0 amide bonds. The van der Waals surface area contributed by atoms with E-state index in [4.69, 9.17) is 10.7 Å². The topological polar surface area (TPSA) is 43.8 Å². The van der Waals surface area contributed by atoms with E-state index in [1.807, 2.05) is 6.07 Å². The standard InChI is InChI=1S/C15H15BrFN3/c16-11-6-3-9(7-12(11)17)13-14(18)20(10-4-5-10)15(19-13)8-1-2-8/h3,6-8,10H,1-2,4-5,18H2. The maximum Gasteiger partial charge on any atom is 0.138 e. The molecule has 0 bridgehead atoms. The summed E-state index contributed by atoms with van der Waals surface area (Å²) in [6, 6.07) is 5.57. The Kier molecular flexibility index (Phi) is 2.67. The number of halogens is 2. The van der Waals surface area contributed by atoms with Crippen molar-refractivity contribution in [2.75, 3.05) is 5.73 Å². The fourth-order valence-corrected chi connectivity index (χ4v) is 2.91. The smallest absolute Gasteiger partial charge is 0.138 e. The zero-order chi connectivity index (χ0) is 13.9. The molecule has 0 unspecified atom stereocenters. The molecular weight excluding hydrogens is 321 g/mol. The molecule has 0 aliphatic heterocycles. The maximum atomic E-state index is 13.7. The molecule has 0 radical (unpaired) electrons. The fraction of sp³-hybridized carbons (Fsp3) is 0.400. The second-order valence-electron chi connectivity index (χ2n) is 5.71. The van der Waals surface area contributed by atoms with Gasteiger partial charge in [0, 0.05) is 17.5 Å². The van der Waals surface area contributed by atoms with E-state index in [-0.39, 0.29) is 5.82 Å². The van der Waals surface area contributed by atoms with Gasteiger partial charge in [-0.05, 0) is 53.7 Å². The van der Waals surface area contributed by atoms with Gasteiger partial charge < -0.3 is 10.3 Å². The number of hydrogen-bond acceptors (Lipinski definition) is 2. The van der Waals surface area contributed by atoms with Gasteiger partial charge in [-0.2, -0.15) is 0 Å². The highest BCUT2D eigenvalue weighted by atomic mass is 79.9. The summed E-state index contributed by atoms with van der Waals surface area (Å²) in [4.78, 5) is 4.73. The molecule has 3 nitrogen and oxygen atoms in total. The second kappa shape index (κ2) is 4.32. The molecule has 2 saturated carbocycles. The number of nitrogen functional groups attached to an aromatic ring is 1. The molecule has 1 heterocycles. The number of nitrogens with two attached hydrogens (primary N) is 1. The highest BCUT2D eigenvalue weighted by Gasteiger charge is 2.36. The predicted molar refractivity (Wildman–Crippen MR) is 80.0 cm³/mol. The summed E-state index contributed by atoms with van der Waals surface area (Å²) in [6.07, 6.45) is 4.73. The maximum absolute atomic E-state index is 13.7. The van der Waals surface area contributed by atoms with Gasteiger partial charge in [-0.15, -0.1) is 0 Å². The van der Waals surface area contributed by atoms with Gasteiger partial charge in [0.15, 0.2) is 0 Å². The van der Waals surface area contributed by atoms with E-state index in [9.17, 15) is 4.39 Å². The van der Waals surface area contributed by atoms with Crippen LogP contribution in [-0.4, -0.2) is 9.55 Å². The molecule has 1 aromatic heterocycles. The number of aromatic nitrogens is 2. The molecule has 2 N–H and O–H groups in total. The molecule has 0 spiro atoms. The molecular formula is C15H15BrFN3. The molecule has 2 aliphatic rings. The lowest BCUT2D eigenvalue weighted by molar-refractivity contribution is 0.621. The van der Waals surface area contributed by atoms with Crippen LogP contribution in [0.3, 0.4) is 0 Å². The zero-order valence-electron chi connectivity index (χ0n) is 10.9. The number of benzene rings is 1. The van der Waals surface area contributed by atoms with Gasteiger partial charge >= 0.3 is 0 Å². The molecule has 2 fully saturated rings. The molecule has 1 aromatic carbocycles. The third kappa shape index (κ3) is 1.95. The van der Waals surface area contributed by atoms with Crippen molar-refractivity contribution in [2.24, 2.45) is 0 Å². The quantitative estimate of drug-likeness (QED) is 0.911. The Morgan fingerprint density at radius 2 is 2.00 bits per heavy atom. The van der Waals surface area contributed by atoms with Crippen molar-refractivity contribution in [3.63, 3.8) is 0 Å². The van der Waals surface area contributed by atoms with Crippen molar-refractivity contribution in [1.82, 2.24) is 9.55 Å². The van der Waals surface area contributed by atoms with Crippen molar-refractivity contribution in [3.8, 4) is 11.3 Å². The summed E-state index contributed by atoms with van der Waals surface area (Å²) in [7, 11) is 0. The van der Waals surface area contributed by atoms with Crippen LogP contribution in [0.25, 0.3) is 11.3 Å². The van der Waals surface area contributed by atoms with Gasteiger partial charge in [-0.3, -0.25) is 0 Å². The second-order valence-corrected chi connectivity index (χ2v) is 6.56. The van der Waals surface area contributed by atoms with Crippen LogP contribution in [0.4, 0.5) is 10.2 Å². The van der Waals surface area contributed by atoms with Crippen LogP contribution >= 0.6 is 15.9 Å². The number of nitrogens with zero attached hydrogens (tertiary/aromatic N) is 2. The molecule has 0 saturated heterocycles.